The number of amides is 2. The van der Waals surface area contributed by atoms with Crippen molar-refractivity contribution in [1.29, 1.82) is 0 Å². The van der Waals surface area contributed by atoms with E-state index in [0.29, 0.717) is 17.8 Å². The SMILES string of the molecule is CCCCC(=O)OCC(=O)N1c2ccccc2NC(=O)C[C@@H]1C. The fourth-order valence-electron chi connectivity index (χ4n) is 2.57. The maximum atomic E-state index is 12.5. The van der Waals surface area contributed by atoms with Gasteiger partial charge in [0.25, 0.3) is 5.91 Å². The zero-order chi connectivity index (χ0) is 16.8. The number of fused-ring (bicyclic) bond motifs is 1. The molecular weight excluding hydrogens is 296 g/mol. The van der Waals surface area contributed by atoms with Gasteiger partial charge in [-0.3, -0.25) is 14.4 Å². The molecule has 6 heteroatoms. The van der Waals surface area contributed by atoms with Crippen molar-refractivity contribution in [3.8, 4) is 0 Å². The molecule has 1 aliphatic rings. The van der Waals surface area contributed by atoms with Gasteiger partial charge in [-0.15, -0.1) is 0 Å². The van der Waals surface area contributed by atoms with Crippen molar-refractivity contribution in [3.63, 3.8) is 0 Å². The first kappa shape index (κ1) is 17.0. The Hall–Kier alpha value is -2.37. The third-order valence-corrected chi connectivity index (χ3v) is 3.72. The van der Waals surface area contributed by atoms with E-state index in [1.165, 1.54) is 4.90 Å². The van der Waals surface area contributed by atoms with E-state index in [1.807, 2.05) is 6.92 Å². The molecule has 0 aliphatic carbocycles. The average Bonchev–Trinajstić information content (AvgIpc) is 2.64. The summed E-state index contributed by atoms with van der Waals surface area (Å²) in [7, 11) is 0. The van der Waals surface area contributed by atoms with E-state index in [4.69, 9.17) is 4.74 Å². The summed E-state index contributed by atoms with van der Waals surface area (Å²) in [6.07, 6.45) is 2.15. The van der Waals surface area contributed by atoms with Crippen molar-refractivity contribution >= 4 is 29.2 Å². The van der Waals surface area contributed by atoms with Crippen molar-refractivity contribution in [2.45, 2.75) is 45.6 Å². The van der Waals surface area contributed by atoms with Gasteiger partial charge in [0.2, 0.25) is 5.91 Å². The number of rotatable bonds is 5. The maximum absolute atomic E-state index is 12.5. The Balaban J connectivity index is 2.11. The molecule has 0 unspecified atom stereocenters. The van der Waals surface area contributed by atoms with Gasteiger partial charge in [0, 0.05) is 18.9 Å². The fraction of sp³-hybridized carbons (Fsp3) is 0.471. The second-order valence-electron chi connectivity index (χ2n) is 5.65. The molecule has 0 aromatic heterocycles. The third-order valence-electron chi connectivity index (χ3n) is 3.72. The van der Waals surface area contributed by atoms with Crippen molar-refractivity contribution < 1.29 is 19.1 Å². The molecule has 0 fully saturated rings. The zero-order valence-corrected chi connectivity index (χ0v) is 13.5. The number of nitrogens with zero attached hydrogens (tertiary/aromatic N) is 1. The molecule has 0 radical (unpaired) electrons. The van der Waals surface area contributed by atoms with Crippen molar-refractivity contribution in [3.05, 3.63) is 24.3 Å². The van der Waals surface area contributed by atoms with Crippen LogP contribution in [0.4, 0.5) is 11.4 Å². The minimum absolute atomic E-state index is 0.139. The lowest BCUT2D eigenvalue weighted by Gasteiger charge is -2.27. The van der Waals surface area contributed by atoms with Gasteiger partial charge < -0.3 is 15.0 Å². The molecule has 0 bridgehead atoms. The van der Waals surface area contributed by atoms with Crippen LogP contribution in [0.15, 0.2) is 24.3 Å². The minimum atomic E-state index is -0.370. The van der Waals surface area contributed by atoms with E-state index in [1.54, 1.807) is 31.2 Å². The lowest BCUT2D eigenvalue weighted by atomic mass is 10.1. The average molecular weight is 318 g/mol. The Bertz CT molecular complexity index is 600. The highest BCUT2D eigenvalue weighted by Gasteiger charge is 2.29. The molecular formula is C17H22N2O4. The lowest BCUT2D eigenvalue weighted by Crippen LogP contribution is -2.41. The topological polar surface area (TPSA) is 75.7 Å². The predicted molar refractivity (Wildman–Crippen MR) is 87.1 cm³/mol. The molecule has 1 atom stereocenters. The monoisotopic (exact) mass is 318 g/mol. The van der Waals surface area contributed by atoms with Crippen LogP contribution >= 0.6 is 0 Å². The van der Waals surface area contributed by atoms with Crippen LogP contribution in [0.2, 0.25) is 0 Å². The molecule has 124 valence electrons. The summed E-state index contributed by atoms with van der Waals surface area (Å²) >= 11 is 0. The van der Waals surface area contributed by atoms with Crippen LogP contribution in [0.3, 0.4) is 0 Å². The molecule has 2 rings (SSSR count). The van der Waals surface area contributed by atoms with Crippen molar-refractivity contribution in [2.75, 3.05) is 16.8 Å². The number of esters is 1. The quantitative estimate of drug-likeness (QED) is 0.846. The third kappa shape index (κ3) is 4.31. The molecule has 6 nitrogen and oxygen atoms in total. The molecule has 1 N–H and O–H groups in total. The lowest BCUT2D eigenvalue weighted by molar-refractivity contribution is -0.148. The number of hydrogen-bond donors (Lipinski definition) is 1. The summed E-state index contributed by atoms with van der Waals surface area (Å²) in [6, 6.07) is 6.81. The number of ether oxygens (including phenoxy) is 1. The normalized spacial score (nSPS) is 17.0. The number of unbranched alkanes of at least 4 members (excludes halogenated alkanes) is 1. The Labute approximate surface area is 135 Å². The van der Waals surface area contributed by atoms with Crippen LogP contribution in [0, 0.1) is 0 Å². The standard InChI is InChI=1S/C17H22N2O4/c1-3-4-9-17(22)23-11-16(21)19-12(2)10-15(20)18-13-7-5-6-8-14(13)19/h5-8,12H,3-4,9-11H2,1-2H3,(H,18,20)/t12-/m0/s1. The van der Waals surface area contributed by atoms with Crippen molar-refractivity contribution in [1.82, 2.24) is 0 Å². The van der Waals surface area contributed by atoms with Gasteiger partial charge in [0.15, 0.2) is 6.61 Å². The second-order valence-corrected chi connectivity index (χ2v) is 5.65. The molecule has 1 aromatic carbocycles. The van der Waals surface area contributed by atoms with E-state index in [2.05, 4.69) is 5.32 Å². The highest BCUT2D eigenvalue weighted by molar-refractivity contribution is 6.05. The molecule has 0 spiro atoms. The van der Waals surface area contributed by atoms with E-state index in [-0.39, 0.29) is 36.9 Å². The largest absolute Gasteiger partial charge is 0.456 e. The summed E-state index contributed by atoms with van der Waals surface area (Å²) in [6.45, 7) is 3.48. The number of para-hydroxylation sites is 2. The Morgan fingerprint density at radius 2 is 2.09 bits per heavy atom. The molecule has 23 heavy (non-hydrogen) atoms. The maximum Gasteiger partial charge on any atom is 0.306 e. The first-order chi connectivity index (χ1) is 11.0. The Morgan fingerprint density at radius 3 is 2.83 bits per heavy atom. The predicted octanol–water partition coefficient (Wildman–Crippen LogP) is 2.48. The molecule has 0 saturated carbocycles. The summed E-state index contributed by atoms with van der Waals surface area (Å²) in [4.78, 5) is 37.5. The van der Waals surface area contributed by atoms with Crippen molar-refractivity contribution in [2.24, 2.45) is 0 Å². The van der Waals surface area contributed by atoms with Crippen LogP contribution in [0.1, 0.15) is 39.5 Å². The van der Waals surface area contributed by atoms with Gasteiger partial charge in [0.1, 0.15) is 0 Å². The fourth-order valence-corrected chi connectivity index (χ4v) is 2.57. The van der Waals surface area contributed by atoms with Gasteiger partial charge in [-0.25, -0.2) is 0 Å². The highest BCUT2D eigenvalue weighted by atomic mass is 16.5. The number of nitrogens with one attached hydrogen (secondary N) is 1. The van der Waals surface area contributed by atoms with E-state index in [9.17, 15) is 14.4 Å². The smallest absolute Gasteiger partial charge is 0.306 e. The van der Waals surface area contributed by atoms with E-state index in [0.717, 1.165) is 12.8 Å². The van der Waals surface area contributed by atoms with Gasteiger partial charge >= 0.3 is 5.97 Å². The molecule has 1 heterocycles. The first-order valence-corrected chi connectivity index (χ1v) is 7.89. The van der Waals surface area contributed by atoms with Crippen LogP contribution < -0.4 is 10.2 Å². The van der Waals surface area contributed by atoms with E-state index >= 15 is 0 Å². The number of anilines is 2. The highest BCUT2D eigenvalue weighted by Crippen LogP contribution is 2.31. The van der Waals surface area contributed by atoms with Gasteiger partial charge in [-0.05, 0) is 25.5 Å². The van der Waals surface area contributed by atoms with E-state index < -0.39 is 0 Å². The van der Waals surface area contributed by atoms with Crippen LogP contribution in [0.5, 0.6) is 0 Å². The zero-order valence-electron chi connectivity index (χ0n) is 13.5. The number of hydrogen-bond acceptors (Lipinski definition) is 4. The van der Waals surface area contributed by atoms with Gasteiger partial charge in [-0.2, -0.15) is 0 Å². The number of carbonyl (C=O) groups excluding carboxylic acids is 3. The summed E-state index contributed by atoms with van der Waals surface area (Å²) in [5.74, 6) is -0.836. The van der Waals surface area contributed by atoms with Gasteiger partial charge in [-0.1, -0.05) is 25.5 Å². The first-order valence-electron chi connectivity index (χ1n) is 7.89. The second kappa shape index (κ2) is 7.76. The molecule has 1 aromatic rings. The minimum Gasteiger partial charge on any atom is -0.456 e. The van der Waals surface area contributed by atoms with Gasteiger partial charge in [0.05, 0.1) is 11.4 Å². The summed E-state index contributed by atoms with van der Waals surface area (Å²) < 4.78 is 5.05. The molecule has 1 aliphatic heterocycles. The number of benzene rings is 1. The summed E-state index contributed by atoms with van der Waals surface area (Å²) in [5.41, 5.74) is 1.22. The Kier molecular flexibility index (Phi) is 5.73. The van der Waals surface area contributed by atoms with Crippen LogP contribution in [-0.2, 0) is 19.1 Å². The Morgan fingerprint density at radius 1 is 1.35 bits per heavy atom. The number of carbonyl (C=O) groups is 3. The van der Waals surface area contributed by atoms with Crippen LogP contribution in [0.25, 0.3) is 0 Å². The molecule has 0 saturated heterocycles. The summed E-state index contributed by atoms with van der Waals surface area (Å²) in [5, 5.41) is 2.79. The van der Waals surface area contributed by atoms with Crippen LogP contribution in [-0.4, -0.2) is 30.4 Å². The molecule has 2 amide bonds.